The molecule has 0 aliphatic carbocycles. The van der Waals surface area contributed by atoms with Crippen molar-refractivity contribution in [2.24, 2.45) is 0 Å². The van der Waals surface area contributed by atoms with Gasteiger partial charge in [-0.05, 0) is 64.2 Å². The van der Waals surface area contributed by atoms with Gasteiger partial charge in [0.25, 0.3) is 0 Å². The van der Waals surface area contributed by atoms with Gasteiger partial charge < -0.3 is 33.3 Å². The first-order valence-corrected chi connectivity index (χ1v) is 34.1. The monoisotopic (exact) mass is 1140 g/mol. The highest BCUT2D eigenvalue weighted by atomic mass is 16.7. The Morgan fingerprint density at radius 3 is 1.05 bits per heavy atom. The predicted molar refractivity (Wildman–Crippen MR) is 343 cm³/mol. The Bertz CT molecular complexity index is 1560. The van der Waals surface area contributed by atoms with Crippen molar-refractivity contribution in [2.45, 2.75) is 322 Å². The van der Waals surface area contributed by atoms with Crippen LogP contribution in [0.25, 0.3) is 0 Å². The van der Waals surface area contributed by atoms with E-state index in [0.717, 1.165) is 70.6 Å². The smallest absolute Gasteiger partial charge is 0.306 e. The van der Waals surface area contributed by atoms with E-state index in [1.165, 1.54) is 205 Å². The number of carboxylic acids is 1. The summed E-state index contributed by atoms with van der Waals surface area (Å²) in [5.41, 5.74) is 0. The molecule has 0 bridgehead atoms. The molecule has 0 radical (unpaired) electrons. The Morgan fingerprint density at radius 1 is 0.383 bits per heavy atom. The van der Waals surface area contributed by atoms with Crippen LogP contribution in [0, 0.1) is 0 Å². The second-order valence-corrected chi connectivity index (χ2v) is 24.1. The normalized spacial score (nSPS) is 13.1. The van der Waals surface area contributed by atoms with Gasteiger partial charge in [0.15, 0.2) is 12.4 Å². The number of hydrogen-bond donors (Lipinski definition) is 0. The van der Waals surface area contributed by atoms with Crippen LogP contribution < -0.4 is 5.11 Å². The number of hydrogen-bond acceptors (Lipinski definition) is 8. The van der Waals surface area contributed by atoms with Gasteiger partial charge in [-0.2, -0.15) is 0 Å². The molecule has 9 nitrogen and oxygen atoms in total. The highest BCUT2D eigenvalue weighted by molar-refractivity contribution is 5.70. The van der Waals surface area contributed by atoms with Gasteiger partial charge in [0.05, 0.1) is 40.3 Å². The molecule has 0 aliphatic rings. The fraction of sp³-hybridized carbons (Fsp3) is 0.792. The largest absolute Gasteiger partial charge is 0.545 e. The molecule has 0 fully saturated rings. The first-order chi connectivity index (χ1) is 39.6. The summed E-state index contributed by atoms with van der Waals surface area (Å²) in [5.74, 6) is -2.26. The summed E-state index contributed by atoms with van der Waals surface area (Å²) >= 11 is 0. The van der Waals surface area contributed by atoms with Gasteiger partial charge in [0, 0.05) is 12.8 Å². The Hall–Kier alpha value is -3.27. The summed E-state index contributed by atoms with van der Waals surface area (Å²) in [5, 5.41) is 11.8. The van der Waals surface area contributed by atoms with E-state index in [4.69, 9.17) is 18.9 Å². The third-order valence-corrected chi connectivity index (χ3v) is 15.0. The summed E-state index contributed by atoms with van der Waals surface area (Å²) < 4.78 is 22.8. The van der Waals surface area contributed by atoms with Gasteiger partial charge in [-0.1, -0.05) is 305 Å². The van der Waals surface area contributed by atoms with Gasteiger partial charge in [0.2, 0.25) is 0 Å². The van der Waals surface area contributed by atoms with Crippen molar-refractivity contribution in [3.05, 3.63) is 72.9 Å². The average Bonchev–Trinajstić information content (AvgIpc) is 3.44. The van der Waals surface area contributed by atoms with E-state index in [2.05, 4.69) is 86.8 Å². The first kappa shape index (κ1) is 77.7. The summed E-state index contributed by atoms with van der Waals surface area (Å²) in [6, 6.07) is 0. The summed E-state index contributed by atoms with van der Waals surface area (Å²) in [6.45, 7) is 4.68. The fourth-order valence-electron chi connectivity index (χ4n) is 9.78. The van der Waals surface area contributed by atoms with Gasteiger partial charge in [-0.25, -0.2) is 0 Å². The van der Waals surface area contributed by atoms with Crippen LogP contribution in [0.5, 0.6) is 0 Å². The highest BCUT2D eigenvalue weighted by Crippen LogP contribution is 2.18. The molecule has 0 heterocycles. The molecule has 0 saturated heterocycles. The van der Waals surface area contributed by atoms with E-state index < -0.39 is 24.3 Å². The molecular formula is C72H129NO8. The number of likely N-dealkylation sites (N-methyl/N-ethyl adjacent to an activating group) is 1. The number of carbonyl (C=O) groups is 3. The Morgan fingerprint density at radius 2 is 0.704 bits per heavy atom. The number of aliphatic carboxylic acids is 1. The van der Waals surface area contributed by atoms with Crippen molar-refractivity contribution in [3.8, 4) is 0 Å². The van der Waals surface area contributed by atoms with Crippen LogP contribution in [0.15, 0.2) is 72.9 Å². The second-order valence-electron chi connectivity index (χ2n) is 24.1. The van der Waals surface area contributed by atoms with Crippen molar-refractivity contribution in [1.29, 1.82) is 0 Å². The summed E-state index contributed by atoms with van der Waals surface area (Å²) in [7, 11) is 5.94. The third-order valence-electron chi connectivity index (χ3n) is 15.0. The van der Waals surface area contributed by atoms with E-state index >= 15 is 0 Å². The molecule has 0 amide bonds. The van der Waals surface area contributed by atoms with Crippen molar-refractivity contribution < 1.29 is 42.9 Å². The maximum Gasteiger partial charge on any atom is 0.306 e. The first-order valence-electron chi connectivity index (χ1n) is 34.1. The number of rotatable bonds is 63. The van der Waals surface area contributed by atoms with Crippen molar-refractivity contribution in [3.63, 3.8) is 0 Å². The number of allylic oxidation sites excluding steroid dienone is 12. The molecule has 0 rings (SSSR count). The Balaban J connectivity index is 4.05. The number of quaternary nitrogens is 1. The Labute approximate surface area is 500 Å². The number of nitrogens with zero attached hydrogens (tertiary/aromatic N) is 1. The molecule has 0 N–H and O–H groups in total. The number of ether oxygens (including phenoxy) is 4. The van der Waals surface area contributed by atoms with E-state index in [1.54, 1.807) is 0 Å². The van der Waals surface area contributed by atoms with Crippen LogP contribution >= 0.6 is 0 Å². The SMILES string of the molecule is CC/C=C\C/C=C\C/C=C\C/C=C\C/C=C\C/C=C\CCCCCCCCCCCCCCCCCCCCC(=O)OC(COC(=O)CCCCCCCCCCCCCCCCCCCCC)COC(OCC[N+](C)(C)C)C(=O)[O-]. The maximum atomic E-state index is 12.9. The third kappa shape index (κ3) is 64.1. The molecule has 0 aliphatic heterocycles. The molecule has 0 aromatic carbocycles. The fourth-order valence-corrected chi connectivity index (χ4v) is 9.78. The minimum Gasteiger partial charge on any atom is -0.545 e. The minimum absolute atomic E-state index is 0.149. The van der Waals surface area contributed by atoms with Gasteiger partial charge in [-0.15, -0.1) is 0 Å². The minimum atomic E-state index is -1.62. The lowest BCUT2D eigenvalue weighted by Gasteiger charge is -2.26. The van der Waals surface area contributed by atoms with Crippen molar-refractivity contribution in [2.75, 3.05) is 47.5 Å². The second kappa shape index (κ2) is 62.8. The molecule has 0 aromatic heterocycles. The van der Waals surface area contributed by atoms with E-state index in [9.17, 15) is 19.5 Å². The molecular weight excluding hydrogens is 1010 g/mol. The number of carboxylic acid groups (broad SMARTS) is 1. The number of esters is 2. The zero-order valence-electron chi connectivity index (χ0n) is 53.7. The molecule has 81 heavy (non-hydrogen) atoms. The summed E-state index contributed by atoms with van der Waals surface area (Å²) in [6.07, 6.45) is 79.8. The zero-order valence-corrected chi connectivity index (χ0v) is 53.7. The number of unbranched alkanes of at least 4 members (excludes halogenated alkanes) is 36. The van der Waals surface area contributed by atoms with Crippen LogP contribution in [0.4, 0.5) is 0 Å². The molecule has 9 heteroatoms. The highest BCUT2D eigenvalue weighted by Gasteiger charge is 2.22. The van der Waals surface area contributed by atoms with Gasteiger partial charge >= 0.3 is 11.9 Å². The number of carbonyl (C=O) groups excluding carboxylic acids is 3. The van der Waals surface area contributed by atoms with Gasteiger partial charge in [-0.3, -0.25) is 9.59 Å². The molecule has 0 aromatic rings. The van der Waals surface area contributed by atoms with Crippen LogP contribution in [-0.4, -0.2) is 82.3 Å². The summed E-state index contributed by atoms with van der Waals surface area (Å²) in [4.78, 5) is 37.4. The lowest BCUT2D eigenvalue weighted by molar-refractivity contribution is -0.870. The van der Waals surface area contributed by atoms with Crippen LogP contribution in [0.1, 0.15) is 309 Å². The molecule has 2 atom stereocenters. The quantitative estimate of drug-likeness (QED) is 0.0195. The molecule has 470 valence electrons. The van der Waals surface area contributed by atoms with Crippen molar-refractivity contribution >= 4 is 17.9 Å². The van der Waals surface area contributed by atoms with E-state index in [-0.39, 0.29) is 32.2 Å². The standard InChI is InChI=1S/C72H129NO8/c1-6-8-10-12-14-16-18-20-22-24-26-27-28-29-30-31-32-33-34-35-36-37-38-39-40-41-42-43-45-47-49-51-53-55-57-59-61-63-70(75)81-68(67-80-72(71(76)77)78-65-64-73(3,4)5)66-79-69(74)62-60-58-56-54-52-50-48-46-44-25-23-21-19-17-15-13-11-9-7-2/h8,10,14,16,20,22,26-27,29-30,32-33,68,72H,6-7,9,11-13,15,17-19,21,23-25,28,31,34-67H2,1-5H3/b10-8-,16-14-,22-20-,27-26-,30-29-,33-32-. The molecule has 2 unspecified atom stereocenters. The van der Waals surface area contributed by atoms with Crippen LogP contribution in [0.2, 0.25) is 0 Å². The van der Waals surface area contributed by atoms with Gasteiger partial charge in [0.1, 0.15) is 13.2 Å². The molecule has 0 spiro atoms. The zero-order chi connectivity index (χ0) is 59.1. The lowest BCUT2D eigenvalue weighted by atomic mass is 10.0. The van der Waals surface area contributed by atoms with Crippen LogP contribution in [0.3, 0.4) is 0 Å². The van der Waals surface area contributed by atoms with E-state index in [0.29, 0.717) is 23.9 Å². The average molecular weight is 1140 g/mol. The molecule has 0 saturated carbocycles. The lowest BCUT2D eigenvalue weighted by Crippen LogP contribution is -2.44. The maximum absolute atomic E-state index is 12.9. The predicted octanol–water partition coefficient (Wildman–Crippen LogP) is 19.6. The Kier molecular flexibility index (Phi) is 60.2. The topological polar surface area (TPSA) is 111 Å². The van der Waals surface area contributed by atoms with Crippen LogP contribution in [-0.2, 0) is 33.3 Å². The van der Waals surface area contributed by atoms with Crippen molar-refractivity contribution in [1.82, 2.24) is 0 Å². The van der Waals surface area contributed by atoms with E-state index in [1.807, 2.05) is 21.1 Å².